The van der Waals surface area contributed by atoms with Gasteiger partial charge >= 0.3 is 0 Å². The summed E-state index contributed by atoms with van der Waals surface area (Å²) in [5.41, 5.74) is 1.92. The van der Waals surface area contributed by atoms with Gasteiger partial charge in [0.05, 0.1) is 24.1 Å². The third-order valence-corrected chi connectivity index (χ3v) is 5.86. The van der Waals surface area contributed by atoms with Crippen molar-refractivity contribution in [2.75, 3.05) is 12.0 Å². The first-order valence-electron chi connectivity index (χ1n) is 9.65. The molecule has 3 heterocycles. The third kappa shape index (κ3) is 3.13. The Morgan fingerprint density at radius 1 is 1.06 bits per heavy atom. The number of fused-ring (bicyclic) bond motifs is 2. The number of aromatic nitrogens is 1. The fourth-order valence-corrected chi connectivity index (χ4v) is 4.33. The van der Waals surface area contributed by atoms with E-state index in [1.807, 2.05) is 43.3 Å². The maximum Gasteiger partial charge on any atom is 0.296 e. The van der Waals surface area contributed by atoms with Crippen molar-refractivity contribution in [3.8, 4) is 5.75 Å². The lowest BCUT2D eigenvalue weighted by Gasteiger charge is -2.24. The van der Waals surface area contributed by atoms with Crippen LogP contribution in [0.1, 0.15) is 33.4 Å². The molecule has 2 aromatic heterocycles. The van der Waals surface area contributed by atoms with Crippen LogP contribution in [0, 0.1) is 6.92 Å². The number of ether oxygens (including phenoxy) is 1. The Hall–Kier alpha value is -3.45. The Bertz CT molecular complexity index is 1410. The van der Waals surface area contributed by atoms with Gasteiger partial charge in [0.15, 0.2) is 5.43 Å². The number of rotatable bonds is 3. The Morgan fingerprint density at radius 2 is 1.87 bits per heavy atom. The van der Waals surface area contributed by atoms with Crippen molar-refractivity contribution < 1.29 is 13.9 Å². The number of aryl methyl sites for hydroxylation is 1. The lowest BCUT2D eigenvalue weighted by Crippen LogP contribution is -2.30. The molecule has 1 atom stereocenters. The second kappa shape index (κ2) is 7.35. The number of pyridine rings is 1. The molecule has 5 rings (SSSR count). The molecule has 6 nitrogen and oxygen atoms in total. The van der Waals surface area contributed by atoms with Gasteiger partial charge in [0.25, 0.3) is 5.91 Å². The van der Waals surface area contributed by atoms with Gasteiger partial charge in [0.2, 0.25) is 5.76 Å². The lowest BCUT2D eigenvalue weighted by molar-refractivity contribution is 0.0970. The molecule has 0 saturated heterocycles. The first-order valence-corrected chi connectivity index (χ1v) is 10.4. The number of carbonyl (C=O) groups is 1. The van der Waals surface area contributed by atoms with Crippen LogP contribution in [0.4, 0.5) is 5.82 Å². The number of amides is 1. The van der Waals surface area contributed by atoms with Gasteiger partial charge < -0.3 is 9.15 Å². The lowest BCUT2D eigenvalue weighted by atomic mass is 9.98. The minimum Gasteiger partial charge on any atom is -0.497 e. The van der Waals surface area contributed by atoms with E-state index in [1.165, 1.54) is 4.90 Å². The van der Waals surface area contributed by atoms with Gasteiger partial charge in [0.1, 0.15) is 17.2 Å². The van der Waals surface area contributed by atoms with E-state index in [0.717, 1.165) is 15.7 Å². The minimum absolute atomic E-state index is 0.0379. The van der Waals surface area contributed by atoms with Crippen LogP contribution in [0.5, 0.6) is 5.75 Å². The van der Waals surface area contributed by atoms with Gasteiger partial charge in [0, 0.05) is 10.2 Å². The summed E-state index contributed by atoms with van der Waals surface area (Å²) in [4.78, 5) is 33.2. The number of nitrogens with zero attached hydrogens (tertiary/aromatic N) is 2. The van der Waals surface area contributed by atoms with E-state index in [2.05, 4.69) is 20.9 Å². The maximum absolute atomic E-state index is 13.6. The maximum atomic E-state index is 13.6. The van der Waals surface area contributed by atoms with Crippen molar-refractivity contribution in [3.63, 3.8) is 0 Å². The Labute approximate surface area is 186 Å². The Balaban J connectivity index is 1.83. The highest BCUT2D eigenvalue weighted by Gasteiger charge is 2.44. The topological polar surface area (TPSA) is 72.6 Å². The largest absolute Gasteiger partial charge is 0.497 e. The fourth-order valence-electron chi connectivity index (χ4n) is 3.97. The van der Waals surface area contributed by atoms with Crippen LogP contribution in [-0.4, -0.2) is 18.0 Å². The molecule has 0 aliphatic carbocycles. The van der Waals surface area contributed by atoms with E-state index < -0.39 is 11.9 Å². The molecule has 0 saturated carbocycles. The number of methoxy groups -OCH3 is 1. The van der Waals surface area contributed by atoms with E-state index in [-0.39, 0.29) is 11.2 Å². The van der Waals surface area contributed by atoms with Crippen LogP contribution in [0.3, 0.4) is 0 Å². The molecule has 1 amide bonds. The summed E-state index contributed by atoms with van der Waals surface area (Å²) in [6.45, 7) is 1.85. The number of hydrogen-bond donors (Lipinski definition) is 0. The average molecular weight is 477 g/mol. The Kier molecular flexibility index (Phi) is 4.63. The van der Waals surface area contributed by atoms with Crippen LogP contribution in [0.25, 0.3) is 11.0 Å². The Morgan fingerprint density at radius 3 is 2.65 bits per heavy atom. The fraction of sp³-hybridized carbons (Fsp3) is 0.125. The van der Waals surface area contributed by atoms with E-state index >= 15 is 0 Å². The molecule has 0 N–H and O–H groups in total. The van der Waals surface area contributed by atoms with E-state index in [4.69, 9.17) is 9.15 Å². The zero-order chi connectivity index (χ0) is 21.7. The van der Waals surface area contributed by atoms with E-state index in [0.29, 0.717) is 28.1 Å². The molecule has 1 unspecified atom stereocenters. The molecule has 7 heteroatoms. The minimum atomic E-state index is -0.688. The summed E-state index contributed by atoms with van der Waals surface area (Å²) < 4.78 is 12.1. The van der Waals surface area contributed by atoms with Crippen molar-refractivity contribution in [1.82, 2.24) is 4.98 Å². The summed E-state index contributed by atoms with van der Waals surface area (Å²) in [6.07, 6.45) is 0. The highest BCUT2D eigenvalue weighted by molar-refractivity contribution is 9.10. The molecular formula is C24H17BrN2O4. The van der Waals surface area contributed by atoms with Crippen molar-refractivity contribution >= 4 is 38.6 Å². The van der Waals surface area contributed by atoms with Crippen LogP contribution in [-0.2, 0) is 0 Å². The SMILES string of the molecule is COc1cccc(C2c3c(oc4ccc(Br)cc4c3=O)C(=O)N2c2cccc(C)n2)c1. The molecule has 4 aromatic rings. The summed E-state index contributed by atoms with van der Waals surface area (Å²) in [6, 6.07) is 17.3. The number of hydrogen-bond acceptors (Lipinski definition) is 5. The van der Waals surface area contributed by atoms with Gasteiger partial charge in [-0.3, -0.25) is 14.5 Å². The third-order valence-electron chi connectivity index (χ3n) is 5.36. The highest BCUT2D eigenvalue weighted by atomic mass is 79.9. The van der Waals surface area contributed by atoms with Gasteiger partial charge in [-0.2, -0.15) is 0 Å². The van der Waals surface area contributed by atoms with Gasteiger partial charge in [-0.15, -0.1) is 0 Å². The average Bonchev–Trinajstić information content (AvgIpc) is 3.07. The monoisotopic (exact) mass is 476 g/mol. The zero-order valence-corrected chi connectivity index (χ0v) is 18.3. The molecule has 154 valence electrons. The smallest absolute Gasteiger partial charge is 0.296 e. The van der Waals surface area contributed by atoms with E-state index in [9.17, 15) is 9.59 Å². The normalized spacial score (nSPS) is 15.4. The molecule has 0 fully saturated rings. The number of carbonyl (C=O) groups excluding carboxylic acids is 1. The first-order chi connectivity index (χ1) is 15.0. The molecule has 2 aromatic carbocycles. The number of benzene rings is 2. The van der Waals surface area contributed by atoms with Crippen molar-refractivity contribution in [1.29, 1.82) is 0 Å². The molecule has 0 bridgehead atoms. The van der Waals surface area contributed by atoms with Crippen LogP contribution in [0.15, 0.2) is 74.3 Å². The van der Waals surface area contributed by atoms with E-state index in [1.54, 1.807) is 31.4 Å². The second-order valence-corrected chi connectivity index (χ2v) is 8.22. The van der Waals surface area contributed by atoms with Gasteiger partial charge in [-0.05, 0) is 55.0 Å². The second-order valence-electron chi connectivity index (χ2n) is 7.31. The van der Waals surface area contributed by atoms with Crippen LogP contribution < -0.4 is 15.1 Å². The summed E-state index contributed by atoms with van der Waals surface area (Å²) in [7, 11) is 1.58. The zero-order valence-electron chi connectivity index (χ0n) is 16.8. The highest BCUT2D eigenvalue weighted by Crippen LogP contribution is 2.41. The van der Waals surface area contributed by atoms with Gasteiger partial charge in [-0.1, -0.05) is 34.1 Å². The van der Waals surface area contributed by atoms with Crippen molar-refractivity contribution in [3.05, 3.63) is 97.9 Å². The predicted molar refractivity (Wildman–Crippen MR) is 121 cm³/mol. The van der Waals surface area contributed by atoms with Crippen LogP contribution in [0.2, 0.25) is 0 Å². The van der Waals surface area contributed by atoms with Gasteiger partial charge in [-0.25, -0.2) is 4.98 Å². The standard InChI is InChI=1S/C24H17BrN2O4/c1-13-5-3-8-19(26-13)27-21(14-6-4-7-16(11-14)30-2)20-22(28)17-12-15(25)9-10-18(17)31-23(20)24(27)29/h3-12,21H,1-2H3. The van der Waals surface area contributed by atoms with Crippen LogP contribution >= 0.6 is 15.9 Å². The first kappa shape index (κ1) is 19.5. The molecule has 0 radical (unpaired) electrons. The molecule has 0 spiro atoms. The van der Waals surface area contributed by atoms with Crippen molar-refractivity contribution in [2.24, 2.45) is 0 Å². The molecule has 31 heavy (non-hydrogen) atoms. The molecular weight excluding hydrogens is 460 g/mol. The number of anilines is 1. The van der Waals surface area contributed by atoms with Crippen molar-refractivity contribution in [2.45, 2.75) is 13.0 Å². The molecule has 1 aliphatic rings. The summed E-state index contributed by atoms with van der Waals surface area (Å²) in [5.74, 6) is 0.719. The molecule has 1 aliphatic heterocycles. The summed E-state index contributed by atoms with van der Waals surface area (Å²) >= 11 is 3.41. The predicted octanol–water partition coefficient (Wildman–Crippen LogP) is 5.02. The number of halogens is 1. The summed E-state index contributed by atoms with van der Waals surface area (Å²) in [5, 5.41) is 0.410. The quantitative estimate of drug-likeness (QED) is 0.415.